The van der Waals surface area contributed by atoms with Crippen molar-refractivity contribution in [3.63, 3.8) is 0 Å². The average molecular weight is 371 g/mol. The number of carbonyl (C=O) groups excluding carboxylic acids is 1. The molecule has 1 amide bonds. The lowest BCUT2D eigenvalue weighted by Crippen LogP contribution is -2.12. The SMILES string of the molecule is Cc1cnc(CNc2ccc(N=CC3C(=O)Nc4ccccc43)cc2C)cn1. The molecule has 1 atom stereocenters. The van der Waals surface area contributed by atoms with Crippen molar-refractivity contribution in [2.24, 2.45) is 4.99 Å². The first-order valence-electron chi connectivity index (χ1n) is 9.16. The molecule has 140 valence electrons. The smallest absolute Gasteiger partial charge is 0.237 e. The van der Waals surface area contributed by atoms with Crippen LogP contribution in [0.15, 0.2) is 59.9 Å². The van der Waals surface area contributed by atoms with Gasteiger partial charge in [0.15, 0.2) is 0 Å². The van der Waals surface area contributed by atoms with E-state index in [1.807, 2.05) is 56.3 Å². The molecule has 0 fully saturated rings. The number of carbonyl (C=O) groups is 1. The van der Waals surface area contributed by atoms with Crippen LogP contribution in [0.3, 0.4) is 0 Å². The zero-order valence-electron chi connectivity index (χ0n) is 15.8. The van der Waals surface area contributed by atoms with Gasteiger partial charge in [-0.2, -0.15) is 0 Å². The van der Waals surface area contributed by atoms with E-state index < -0.39 is 0 Å². The van der Waals surface area contributed by atoms with Crippen LogP contribution < -0.4 is 10.6 Å². The van der Waals surface area contributed by atoms with Crippen molar-refractivity contribution < 1.29 is 4.79 Å². The van der Waals surface area contributed by atoms with Gasteiger partial charge in [-0.15, -0.1) is 0 Å². The van der Waals surface area contributed by atoms with E-state index >= 15 is 0 Å². The quantitative estimate of drug-likeness (QED) is 0.661. The molecule has 2 heterocycles. The van der Waals surface area contributed by atoms with E-state index in [1.165, 1.54) is 0 Å². The standard InChI is InChI=1S/C22H21N5O/c1-14-9-16(7-8-20(14)26-12-17-11-23-15(2)10-24-17)25-13-19-18-5-3-4-6-21(18)27-22(19)28/h3-11,13,19,26H,12H2,1-2H3,(H,27,28). The van der Waals surface area contributed by atoms with Crippen LogP contribution in [0.5, 0.6) is 0 Å². The van der Waals surface area contributed by atoms with Crippen LogP contribution in [0.1, 0.15) is 28.4 Å². The van der Waals surface area contributed by atoms with Gasteiger partial charge in [-0.25, -0.2) is 0 Å². The van der Waals surface area contributed by atoms with E-state index in [1.54, 1.807) is 18.6 Å². The van der Waals surface area contributed by atoms with Crippen LogP contribution in [0.4, 0.5) is 17.1 Å². The number of amides is 1. The van der Waals surface area contributed by atoms with Crippen molar-refractivity contribution in [1.82, 2.24) is 9.97 Å². The highest BCUT2D eigenvalue weighted by molar-refractivity contribution is 6.12. The molecular formula is C22H21N5O. The summed E-state index contributed by atoms with van der Waals surface area (Å²) >= 11 is 0. The highest BCUT2D eigenvalue weighted by Gasteiger charge is 2.28. The summed E-state index contributed by atoms with van der Waals surface area (Å²) < 4.78 is 0. The van der Waals surface area contributed by atoms with Gasteiger partial charge in [-0.1, -0.05) is 18.2 Å². The van der Waals surface area contributed by atoms with Gasteiger partial charge in [-0.05, 0) is 49.2 Å². The molecule has 6 nitrogen and oxygen atoms in total. The molecule has 3 aromatic rings. The van der Waals surface area contributed by atoms with Crippen molar-refractivity contribution in [1.29, 1.82) is 0 Å². The first kappa shape index (κ1) is 17.9. The molecule has 0 spiro atoms. The first-order chi connectivity index (χ1) is 13.6. The Hall–Kier alpha value is -3.54. The number of benzene rings is 2. The number of nitrogens with zero attached hydrogens (tertiary/aromatic N) is 3. The van der Waals surface area contributed by atoms with Crippen LogP contribution in [0.2, 0.25) is 0 Å². The molecule has 0 radical (unpaired) electrons. The zero-order valence-corrected chi connectivity index (χ0v) is 15.8. The Kier molecular flexibility index (Phi) is 4.85. The van der Waals surface area contributed by atoms with Crippen LogP contribution in [-0.4, -0.2) is 22.1 Å². The van der Waals surface area contributed by atoms with Crippen LogP contribution >= 0.6 is 0 Å². The lowest BCUT2D eigenvalue weighted by Gasteiger charge is -2.10. The molecule has 1 aliphatic heterocycles. The van der Waals surface area contributed by atoms with Gasteiger partial charge in [0.05, 0.1) is 29.8 Å². The molecule has 0 bridgehead atoms. The van der Waals surface area contributed by atoms with Gasteiger partial charge < -0.3 is 10.6 Å². The minimum absolute atomic E-state index is 0.0424. The topological polar surface area (TPSA) is 79.3 Å². The van der Waals surface area contributed by atoms with Gasteiger partial charge in [0.25, 0.3) is 0 Å². The monoisotopic (exact) mass is 371 g/mol. The molecule has 1 aliphatic rings. The fourth-order valence-corrected chi connectivity index (χ4v) is 3.17. The fourth-order valence-electron chi connectivity index (χ4n) is 3.17. The number of aliphatic imine (C=N–C) groups is 1. The molecule has 6 heteroatoms. The number of aryl methyl sites for hydroxylation is 2. The van der Waals surface area contributed by atoms with Crippen molar-refractivity contribution in [3.8, 4) is 0 Å². The lowest BCUT2D eigenvalue weighted by molar-refractivity contribution is -0.115. The highest BCUT2D eigenvalue weighted by atomic mass is 16.2. The van der Waals surface area contributed by atoms with Gasteiger partial charge in [0.1, 0.15) is 5.92 Å². The van der Waals surface area contributed by atoms with E-state index in [-0.39, 0.29) is 11.8 Å². The Bertz CT molecular complexity index is 1040. The summed E-state index contributed by atoms with van der Waals surface area (Å²) in [5, 5.41) is 6.26. The number of anilines is 2. The predicted molar refractivity (Wildman–Crippen MR) is 111 cm³/mol. The zero-order chi connectivity index (χ0) is 19.5. The number of para-hydroxylation sites is 1. The maximum atomic E-state index is 12.2. The number of hydrogen-bond acceptors (Lipinski definition) is 5. The van der Waals surface area contributed by atoms with Crippen LogP contribution in [0.25, 0.3) is 0 Å². The van der Waals surface area contributed by atoms with Crippen LogP contribution in [-0.2, 0) is 11.3 Å². The van der Waals surface area contributed by atoms with E-state index in [0.29, 0.717) is 6.54 Å². The number of fused-ring (bicyclic) bond motifs is 1. The second-order valence-electron chi connectivity index (χ2n) is 6.83. The van der Waals surface area contributed by atoms with Gasteiger partial charge in [0.2, 0.25) is 5.91 Å². The summed E-state index contributed by atoms with van der Waals surface area (Å²) in [5.41, 5.74) is 6.52. The third-order valence-electron chi connectivity index (χ3n) is 4.71. The molecule has 0 saturated heterocycles. The van der Waals surface area contributed by atoms with E-state index in [2.05, 4.69) is 25.6 Å². The molecule has 2 N–H and O–H groups in total. The first-order valence-corrected chi connectivity index (χ1v) is 9.16. The third-order valence-corrected chi connectivity index (χ3v) is 4.71. The Balaban J connectivity index is 1.45. The van der Waals surface area contributed by atoms with Gasteiger partial charge in [-0.3, -0.25) is 19.8 Å². The van der Waals surface area contributed by atoms with Crippen molar-refractivity contribution in [2.45, 2.75) is 26.3 Å². The van der Waals surface area contributed by atoms with Gasteiger partial charge >= 0.3 is 0 Å². The van der Waals surface area contributed by atoms with Gasteiger partial charge in [0, 0.05) is 23.8 Å². The third kappa shape index (κ3) is 3.76. The number of aromatic nitrogens is 2. The average Bonchev–Trinajstić information content (AvgIpc) is 3.02. The Morgan fingerprint density at radius 3 is 2.79 bits per heavy atom. The summed E-state index contributed by atoms with van der Waals surface area (Å²) in [5.74, 6) is -0.395. The number of hydrogen-bond donors (Lipinski definition) is 2. The molecular weight excluding hydrogens is 350 g/mol. The lowest BCUT2D eigenvalue weighted by atomic mass is 10.0. The normalized spacial score (nSPS) is 15.5. The maximum Gasteiger partial charge on any atom is 0.237 e. The Morgan fingerprint density at radius 1 is 1.14 bits per heavy atom. The molecule has 4 rings (SSSR count). The summed E-state index contributed by atoms with van der Waals surface area (Å²) in [6.07, 6.45) is 5.25. The second kappa shape index (κ2) is 7.60. The molecule has 28 heavy (non-hydrogen) atoms. The minimum Gasteiger partial charge on any atom is -0.379 e. The Labute approximate surface area is 163 Å². The summed E-state index contributed by atoms with van der Waals surface area (Å²) in [6.45, 7) is 4.55. The predicted octanol–water partition coefficient (Wildman–Crippen LogP) is 4.14. The van der Waals surface area contributed by atoms with E-state index in [9.17, 15) is 4.79 Å². The highest BCUT2D eigenvalue weighted by Crippen LogP contribution is 2.31. The number of nitrogens with one attached hydrogen (secondary N) is 2. The fraction of sp³-hybridized carbons (Fsp3) is 0.182. The maximum absolute atomic E-state index is 12.2. The van der Waals surface area contributed by atoms with Crippen molar-refractivity contribution in [3.05, 3.63) is 77.4 Å². The summed E-state index contributed by atoms with van der Waals surface area (Å²) in [4.78, 5) is 25.3. The molecule has 0 aliphatic carbocycles. The number of rotatable bonds is 5. The van der Waals surface area contributed by atoms with Crippen molar-refractivity contribution in [2.75, 3.05) is 10.6 Å². The van der Waals surface area contributed by atoms with Crippen molar-refractivity contribution >= 4 is 29.2 Å². The second-order valence-corrected chi connectivity index (χ2v) is 6.83. The van der Waals surface area contributed by atoms with E-state index in [4.69, 9.17) is 0 Å². The summed E-state index contributed by atoms with van der Waals surface area (Å²) in [6, 6.07) is 13.6. The molecule has 1 unspecified atom stereocenters. The minimum atomic E-state index is -0.352. The molecule has 2 aromatic carbocycles. The largest absolute Gasteiger partial charge is 0.379 e. The van der Waals surface area contributed by atoms with E-state index in [0.717, 1.165) is 39.6 Å². The van der Waals surface area contributed by atoms with Crippen LogP contribution in [0, 0.1) is 13.8 Å². The Morgan fingerprint density at radius 2 is 2.00 bits per heavy atom. The summed E-state index contributed by atoms with van der Waals surface area (Å²) in [7, 11) is 0. The molecule has 0 saturated carbocycles. The molecule has 1 aromatic heterocycles.